The Labute approximate surface area is 147 Å². The van der Waals surface area contributed by atoms with E-state index in [0.29, 0.717) is 11.8 Å². The molecule has 0 saturated heterocycles. The monoisotopic (exact) mass is 340 g/mol. The predicted molar refractivity (Wildman–Crippen MR) is 93.3 cm³/mol. The van der Waals surface area contributed by atoms with E-state index in [1.165, 1.54) is 31.2 Å². The molecule has 4 rings (SSSR count). The number of nitrogens with one attached hydrogen (secondary N) is 1. The zero-order valence-corrected chi connectivity index (χ0v) is 14.4. The fourth-order valence-corrected chi connectivity index (χ4v) is 3.88. The smallest absolute Gasteiger partial charge is 0.258 e. The van der Waals surface area contributed by atoms with Crippen LogP contribution in [0.5, 0.6) is 5.75 Å². The molecular formula is C19H24N4O2. The van der Waals surface area contributed by atoms with E-state index in [2.05, 4.69) is 21.2 Å². The Bertz CT molecular complexity index is 722. The average Bonchev–Trinajstić information content (AvgIpc) is 3.30. The lowest BCUT2D eigenvalue weighted by molar-refractivity contribution is -0.124. The molecule has 0 radical (unpaired) electrons. The topological polar surface area (TPSA) is 69.0 Å². The summed E-state index contributed by atoms with van der Waals surface area (Å²) in [7, 11) is 0. The SMILES string of the molecule is O=C(COc1cccnc1)N[C@H]1CCCc2cn(C3CCCC3)nc21. The van der Waals surface area contributed by atoms with Crippen LogP contribution in [0, 0.1) is 0 Å². The summed E-state index contributed by atoms with van der Waals surface area (Å²) < 4.78 is 7.63. The molecule has 2 heterocycles. The summed E-state index contributed by atoms with van der Waals surface area (Å²) >= 11 is 0. The van der Waals surface area contributed by atoms with Crippen LogP contribution in [0.1, 0.15) is 61.9 Å². The summed E-state index contributed by atoms with van der Waals surface area (Å²) in [6.45, 7) is 0.000853. The highest BCUT2D eigenvalue weighted by Crippen LogP contribution is 2.33. The van der Waals surface area contributed by atoms with E-state index in [4.69, 9.17) is 9.84 Å². The van der Waals surface area contributed by atoms with Crippen molar-refractivity contribution in [2.75, 3.05) is 6.61 Å². The largest absolute Gasteiger partial charge is 0.482 e. The number of carbonyl (C=O) groups is 1. The normalized spacial score (nSPS) is 20.2. The second-order valence-corrected chi connectivity index (χ2v) is 6.95. The molecule has 2 aromatic rings. The molecule has 1 N–H and O–H groups in total. The van der Waals surface area contributed by atoms with Gasteiger partial charge < -0.3 is 10.1 Å². The molecule has 1 saturated carbocycles. The number of rotatable bonds is 5. The highest BCUT2D eigenvalue weighted by atomic mass is 16.5. The first-order valence-corrected chi connectivity index (χ1v) is 9.20. The van der Waals surface area contributed by atoms with Crippen molar-refractivity contribution in [1.29, 1.82) is 0 Å². The number of ether oxygens (including phenoxy) is 1. The third-order valence-electron chi connectivity index (χ3n) is 5.15. The fourth-order valence-electron chi connectivity index (χ4n) is 3.88. The summed E-state index contributed by atoms with van der Waals surface area (Å²) in [5.74, 6) is 0.490. The second-order valence-electron chi connectivity index (χ2n) is 6.95. The van der Waals surface area contributed by atoms with Crippen LogP contribution in [0.2, 0.25) is 0 Å². The van der Waals surface area contributed by atoms with Crippen molar-refractivity contribution in [3.05, 3.63) is 42.0 Å². The Balaban J connectivity index is 1.39. The zero-order chi connectivity index (χ0) is 17.1. The Kier molecular flexibility index (Phi) is 4.68. The van der Waals surface area contributed by atoms with Gasteiger partial charge in [-0.2, -0.15) is 5.10 Å². The third kappa shape index (κ3) is 3.67. The van der Waals surface area contributed by atoms with Crippen molar-refractivity contribution in [3.8, 4) is 5.75 Å². The molecule has 0 spiro atoms. The van der Waals surface area contributed by atoms with Crippen LogP contribution in [0.4, 0.5) is 0 Å². The first-order valence-electron chi connectivity index (χ1n) is 9.20. The van der Waals surface area contributed by atoms with Crippen LogP contribution in [-0.4, -0.2) is 27.3 Å². The number of carbonyl (C=O) groups excluding carboxylic acids is 1. The molecule has 1 fully saturated rings. The van der Waals surface area contributed by atoms with Crippen LogP contribution in [-0.2, 0) is 11.2 Å². The van der Waals surface area contributed by atoms with Gasteiger partial charge in [0, 0.05) is 12.4 Å². The van der Waals surface area contributed by atoms with Crippen molar-refractivity contribution in [2.24, 2.45) is 0 Å². The van der Waals surface area contributed by atoms with E-state index in [0.717, 1.165) is 25.0 Å². The predicted octanol–water partition coefficient (Wildman–Crippen LogP) is 2.97. The number of aromatic nitrogens is 3. The summed E-state index contributed by atoms with van der Waals surface area (Å²) in [5.41, 5.74) is 2.34. The lowest BCUT2D eigenvalue weighted by atomic mass is 9.94. The van der Waals surface area contributed by atoms with Gasteiger partial charge in [0.1, 0.15) is 5.75 Å². The molecule has 0 unspecified atom stereocenters. The van der Waals surface area contributed by atoms with Crippen molar-refractivity contribution in [3.63, 3.8) is 0 Å². The van der Waals surface area contributed by atoms with Crippen molar-refractivity contribution >= 4 is 5.91 Å². The van der Waals surface area contributed by atoms with E-state index in [1.54, 1.807) is 24.5 Å². The minimum atomic E-state index is -0.114. The van der Waals surface area contributed by atoms with Crippen LogP contribution >= 0.6 is 0 Å². The Morgan fingerprint density at radius 2 is 2.16 bits per heavy atom. The van der Waals surface area contributed by atoms with E-state index < -0.39 is 0 Å². The van der Waals surface area contributed by atoms with E-state index in [9.17, 15) is 4.79 Å². The number of fused-ring (bicyclic) bond motifs is 1. The van der Waals surface area contributed by atoms with E-state index in [1.807, 2.05) is 0 Å². The van der Waals surface area contributed by atoms with Gasteiger partial charge in [0.25, 0.3) is 5.91 Å². The number of nitrogens with zero attached hydrogens (tertiary/aromatic N) is 3. The zero-order valence-electron chi connectivity index (χ0n) is 14.4. The van der Waals surface area contributed by atoms with E-state index >= 15 is 0 Å². The molecular weight excluding hydrogens is 316 g/mol. The molecule has 25 heavy (non-hydrogen) atoms. The fraction of sp³-hybridized carbons (Fsp3) is 0.526. The van der Waals surface area contributed by atoms with Gasteiger partial charge in [-0.1, -0.05) is 12.8 Å². The highest BCUT2D eigenvalue weighted by Gasteiger charge is 2.27. The Hall–Kier alpha value is -2.37. The van der Waals surface area contributed by atoms with Gasteiger partial charge in [0.2, 0.25) is 0 Å². The van der Waals surface area contributed by atoms with Gasteiger partial charge in [0.15, 0.2) is 6.61 Å². The standard InChI is InChI=1S/C19H24N4O2/c24-18(13-25-16-8-4-10-20-11-16)21-17-9-3-5-14-12-23(22-19(14)17)15-6-1-2-7-15/h4,8,10-12,15,17H,1-3,5-7,9,13H2,(H,21,24)/t17-/m0/s1. The van der Waals surface area contributed by atoms with Gasteiger partial charge in [-0.05, 0) is 49.8 Å². The molecule has 1 atom stereocenters. The quantitative estimate of drug-likeness (QED) is 0.908. The Morgan fingerprint density at radius 1 is 1.28 bits per heavy atom. The van der Waals surface area contributed by atoms with Gasteiger partial charge >= 0.3 is 0 Å². The number of amides is 1. The average molecular weight is 340 g/mol. The minimum absolute atomic E-state index is 0.000853. The molecule has 6 nitrogen and oxygen atoms in total. The lowest BCUT2D eigenvalue weighted by Crippen LogP contribution is -2.34. The number of hydrogen-bond acceptors (Lipinski definition) is 4. The van der Waals surface area contributed by atoms with Crippen molar-refractivity contribution in [2.45, 2.75) is 57.0 Å². The maximum atomic E-state index is 12.3. The first-order chi connectivity index (χ1) is 12.3. The third-order valence-corrected chi connectivity index (χ3v) is 5.15. The maximum absolute atomic E-state index is 12.3. The van der Waals surface area contributed by atoms with Crippen LogP contribution in [0.3, 0.4) is 0 Å². The summed E-state index contributed by atoms with van der Waals surface area (Å²) in [6.07, 6.45) is 13.6. The number of pyridine rings is 1. The summed E-state index contributed by atoms with van der Waals surface area (Å²) in [6, 6.07) is 4.12. The maximum Gasteiger partial charge on any atom is 0.258 e. The van der Waals surface area contributed by atoms with Crippen LogP contribution < -0.4 is 10.1 Å². The van der Waals surface area contributed by atoms with Crippen molar-refractivity contribution in [1.82, 2.24) is 20.1 Å². The lowest BCUT2D eigenvalue weighted by Gasteiger charge is -2.22. The van der Waals surface area contributed by atoms with Crippen LogP contribution in [0.15, 0.2) is 30.7 Å². The van der Waals surface area contributed by atoms with Gasteiger partial charge in [-0.3, -0.25) is 14.5 Å². The molecule has 0 aliphatic heterocycles. The van der Waals surface area contributed by atoms with Crippen molar-refractivity contribution < 1.29 is 9.53 Å². The minimum Gasteiger partial charge on any atom is -0.482 e. The first kappa shape index (κ1) is 16.1. The van der Waals surface area contributed by atoms with Gasteiger partial charge in [0.05, 0.1) is 24.0 Å². The molecule has 2 aromatic heterocycles. The molecule has 0 aromatic carbocycles. The molecule has 0 bridgehead atoms. The molecule has 1 amide bonds. The van der Waals surface area contributed by atoms with Crippen LogP contribution in [0.25, 0.3) is 0 Å². The second kappa shape index (κ2) is 7.25. The summed E-state index contributed by atoms with van der Waals surface area (Å²) in [5, 5.41) is 7.93. The summed E-state index contributed by atoms with van der Waals surface area (Å²) in [4.78, 5) is 16.2. The number of aryl methyl sites for hydroxylation is 1. The van der Waals surface area contributed by atoms with E-state index in [-0.39, 0.29) is 18.6 Å². The molecule has 132 valence electrons. The van der Waals surface area contributed by atoms with Gasteiger partial charge in [-0.25, -0.2) is 0 Å². The number of hydrogen-bond donors (Lipinski definition) is 1. The molecule has 2 aliphatic carbocycles. The van der Waals surface area contributed by atoms with Gasteiger partial charge in [-0.15, -0.1) is 0 Å². The highest BCUT2D eigenvalue weighted by molar-refractivity contribution is 5.78. The Morgan fingerprint density at radius 3 is 2.96 bits per heavy atom. The molecule has 6 heteroatoms. The molecule has 2 aliphatic rings.